The van der Waals surface area contributed by atoms with E-state index < -0.39 is 16.0 Å². The predicted octanol–water partition coefficient (Wildman–Crippen LogP) is 2.69. The topological polar surface area (TPSA) is 106 Å². The lowest BCUT2D eigenvalue weighted by molar-refractivity contribution is 0.0999. The fraction of sp³-hybridized carbons (Fsp3) is 0.150. The first-order valence-corrected chi connectivity index (χ1v) is 11.7. The van der Waals surface area contributed by atoms with E-state index in [0.717, 1.165) is 11.8 Å². The molecule has 0 unspecified atom stereocenters. The van der Waals surface area contributed by atoms with Gasteiger partial charge in [0, 0.05) is 23.2 Å². The Morgan fingerprint density at radius 1 is 1.23 bits per heavy atom. The molecule has 3 heterocycles. The van der Waals surface area contributed by atoms with Gasteiger partial charge in [0.15, 0.2) is 4.80 Å². The lowest BCUT2D eigenvalue weighted by Gasteiger charge is -2.09. The van der Waals surface area contributed by atoms with Crippen LogP contribution in [0.1, 0.15) is 21.6 Å². The molecule has 0 saturated carbocycles. The van der Waals surface area contributed by atoms with E-state index in [0.29, 0.717) is 33.6 Å². The van der Waals surface area contributed by atoms with Crippen LogP contribution in [0, 0.1) is 0 Å². The molecule has 1 amide bonds. The standard InChI is InChI=1S/C20H18N4O4S2/c1-30(26,27)28-12-15-13-29-20(24(15)11-14-6-3-2-4-7-14)23-19(25)17-10-22-18-16(17)8-5-9-21-18/h2-10,13H,11-12H2,1H3,(H,21,22)/b23-20-. The number of benzene rings is 1. The summed E-state index contributed by atoms with van der Waals surface area (Å²) in [5.41, 5.74) is 2.64. The molecule has 154 valence electrons. The Hall–Kier alpha value is -3.08. The first-order valence-electron chi connectivity index (χ1n) is 8.97. The summed E-state index contributed by atoms with van der Waals surface area (Å²) < 4.78 is 29.6. The number of rotatable bonds is 6. The average Bonchev–Trinajstić information content (AvgIpc) is 3.31. The quantitative estimate of drug-likeness (QED) is 0.462. The van der Waals surface area contributed by atoms with Gasteiger partial charge in [-0.15, -0.1) is 11.3 Å². The van der Waals surface area contributed by atoms with Crippen LogP contribution < -0.4 is 4.80 Å². The van der Waals surface area contributed by atoms with Crippen molar-refractivity contribution in [3.8, 4) is 0 Å². The highest BCUT2D eigenvalue weighted by Gasteiger charge is 2.14. The van der Waals surface area contributed by atoms with Crippen molar-refractivity contribution in [1.82, 2.24) is 14.5 Å². The predicted molar refractivity (Wildman–Crippen MR) is 113 cm³/mol. The number of carbonyl (C=O) groups excluding carboxylic acids is 1. The first kappa shape index (κ1) is 20.2. The molecular weight excluding hydrogens is 424 g/mol. The Balaban J connectivity index is 1.74. The van der Waals surface area contributed by atoms with Crippen LogP contribution in [0.4, 0.5) is 0 Å². The minimum atomic E-state index is -3.60. The molecule has 10 heteroatoms. The molecule has 0 aliphatic heterocycles. The average molecular weight is 443 g/mol. The number of thiazole rings is 1. The molecule has 4 rings (SSSR count). The highest BCUT2D eigenvalue weighted by Crippen LogP contribution is 2.17. The highest BCUT2D eigenvalue weighted by atomic mass is 32.2. The summed E-state index contributed by atoms with van der Waals surface area (Å²) >= 11 is 1.25. The van der Waals surface area contributed by atoms with Gasteiger partial charge in [-0.1, -0.05) is 30.3 Å². The second-order valence-corrected chi connectivity index (χ2v) is 9.05. The maximum atomic E-state index is 12.9. The van der Waals surface area contributed by atoms with Crippen molar-refractivity contribution in [1.29, 1.82) is 0 Å². The number of fused-ring (bicyclic) bond motifs is 1. The van der Waals surface area contributed by atoms with Gasteiger partial charge in [0.25, 0.3) is 16.0 Å². The van der Waals surface area contributed by atoms with E-state index in [1.54, 1.807) is 34.5 Å². The van der Waals surface area contributed by atoms with Crippen molar-refractivity contribution in [3.05, 3.63) is 81.9 Å². The molecule has 4 aromatic rings. The Kier molecular flexibility index (Phi) is 5.62. The van der Waals surface area contributed by atoms with Gasteiger partial charge in [0.2, 0.25) is 0 Å². The van der Waals surface area contributed by atoms with E-state index in [1.165, 1.54) is 11.3 Å². The van der Waals surface area contributed by atoms with Crippen LogP contribution >= 0.6 is 11.3 Å². The number of pyridine rings is 1. The van der Waals surface area contributed by atoms with E-state index in [2.05, 4.69) is 15.0 Å². The molecule has 0 atom stereocenters. The lowest BCUT2D eigenvalue weighted by atomic mass is 10.2. The van der Waals surface area contributed by atoms with Gasteiger partial charge in [-0.3, -0.25) is 8.98 Å². The molecule has 0 aliphatic rings. The Morgan fingerprint density at radius 3 is 2.80 bits per heavy atom. The molecule has 0 saturated heterocycles. The van der Waals surface area contributed by atoms with Crippen LogP contribution in [0.15, 0.2) is 65.2 Å². The second-order valence-electron chi connectivity index (χ2n) is 6.57. The van der Waals surface area contributed by atoms with Crippen molar-refractivity contribution < 1.29 is 17.4 Å². The van der Waals surface area contributed by atoms with Crippen LogP contribution in [-0.4, -0.2) is 35.1 Å². The number of nitrogens with one attached hydrogen (secondary N) is 1. The van der Waals surface area contributed by atoms with E-state index in [-0.39, 0.29) is 6.61 Å². The monoisotopic (exact) mass is 442 g/mol. The number of hydrogen-bond acceptors (Lipinski definition) is 6. The van der Waals surface area contributed by atoms with E-state index in [9.17, 15) is 13.2 Å². The van der Waals surface area contributed by atoms with Crippen LogP contribution in [0.25, 0.3) is 11.0 Å². The van der Waals surface area contributed by atoms with Crippen molar-refractivity contribution >= 4 is 38.4 Å². The molecule has 0 fully saturated rings. The fourth-order valence-electron chi connectivity index (χ4n) is 2.95. The SMILES string of the molecule is CS(=O)(=O)OCc1cs/c(=N\C(=O)c2c[nH]c3ncccc23)n1Cc1ccccc1. The normalized spacial score (nSPS) is 12.5. The maximum Gasteiger partial charge on any atom is 0.281 e. The largest absolute Gasteiger partial charge is 0.345 e. The summed E-state index contributed by atoms with van der Waals surface area (Å²) in [6.07, 6.45) is 4.23. The van der Waals surface area contributed by atoms with Gasteiger partial charge < -0.3 is 9.55 Å². The minimum Gasteiger partial charge on any atom is -0.345 e. The van der Waals surface area contributed by atoms with E-state index in [1.807, 2.05) is 30.3 Å². The van der Waals surface area contributed by atoms with Crippen molar-refractivity contribution in [2.24, 2.45) is 4.99 Å². The zero-order valence-corrected chi connectivity index (χ0v) is 17.6. The second kappa shape index (κ2) is 8.34. The Morgan fingerprint density at radius 2 is 2.03 bits per heavy atom. The highest BCUT2D eigenvalue weighted by molar-refractivity contribution is 7.85. The third-order valence-electron chi connectivity index (χ3n) is 4.36. The molecule has 0 radical (unpaired) electrons. The molecule has 8 nitrogen and oxygen atoms in total. The summed E-state index contributed by atoms with van der Waals surface area (Å²) in [6, 6.07) is 13.2. The Bertz CT molecular complexity index is 1370. The molecule has 0 bridgehead atoms. The van der Waals surface area contributed by atoms with Gasteiger partial charge in [-0.25, -0.2) is 4.98 Å². The summed E-state index contributed by atoms with van der Waals surface area (Å²) in [5.74, 6) is -0.409. The molecule has 1 N–H and O–H groups in total. The smallest absolute Gasteiger partial charge is 0.281 e. The third-order valence-corrected chi connectivity index (χ3v) is 5.82. The number of hydrogen-bond donors (Lipinski definition) is 1. The molecule has 30 heavy (non-hydrogen) atoms. The Labute approximate surface area is 176 Å². The van der Waals surface area contributed by atoms with Crippen LogP contribution in [0.3, 0.4) is 0 Å². The summed E-state index contributed by atoms with van der Waals surface area (Å²) in [5, 5.41) is 2.44. The molecule has 3 aromatic heterocycles. The van der Waals surface area contributed by atoms with Gasteiger partial charge in [0.05, 0.1) is 24.1 Å². The van der Waals surface area contributed by atoms with E-state index in [4.69, 9.17) is 4.18 Å². The number of aromatic nitrogens is 3. The van der Waals surface area contributed by atoms with Crippen LogP contribution in [0.2, 0.25) is 0 Å². The molecular formula is C20H18N4O4S2. The number of nitrogens with zero attached hydrogens (tertiary/aromatic N) is 3. The van der Waals surface area contributed by atoms with Crippen molar-refractivity contribution in [3.63, 3.8) is 0 Å². The van der Waals surface area contributed by atoms with Crippen molar-refractivity contribution in [2.45, 2.75) is 13.2 Å². The zero-order chi connectivity index (χ0) is 21.1. The molecule has 0 spiro atoms. The number of amides is 1. The number of aromatic amines is 1. The number of H-pyrrole nitrogens is 1. The third kappa shape index (κ3) is 4.56. The minimum absolute atomic E-state index is 0.136. The van der Waals surface area contributed by atoms with Gasteiger partial charge in [0.1, 0.15) is 12.3 Å². The summed E-state index contributed by atoms with van der Waals surface area (Å²) in [7, 11) is -3.60. The van der Waals surface area contributed by atoms with Gasteiger partial charge in [-0.05, 0) is 17.7 Å². The fourth-order valence-corrected chi connectivity index (χ4v) is 4.17. The zero-order valence-electron chi connectivity index (χ0n) is 16.0. The van der Waals surface area contributed by atoms with Gasteiger partial charge in [-0.2, -0.15) is 13.4 Å². The summed E-state index contributed by atoms with van der Waals surface area (Å²) in [6.45, 7) is 0.289. The van der Waals surface area contributed by atoms with Gasteiger partial charge >= 0.3 is 0 Å². The molecule has 1 aromatic carbocycles. The van der Waals surface area contributed by atoms with Crippen LogP contribution in [-0.2, 0) is 27.5 Å². The van der Waals surface area contributed by atoms with Crippen LogP contribution in [0.5, 0.6) is 0 Å². The lowest BCUT2D eigenvalue weighted by Crippen LogP contribution is -2.21. The van der Waals surface area contributed by atoms with Crippen molar-refractivity contribution in [2.75, 3.05) is 6.26 Å². The first-order chi connectivity index (χ1) is 14.4. The molecule has 0 aliphatic carbocycles. The number of carbonyl (C=O) groups is 1. The van der Waals surface area contributed by atoms with E-state index >= 15 is 0 Å². The maximum absolute atomic E-state index is 12.9. The summed E-state index contributed by atoms with van der Waals surface area (Å²) in [4.78, 5) is 24.8.